The van der Waals surface area contributed by atoms with Gasteiger partial charge in [-0.15, -0.1) is 46.8 Å². The Hall–Kier alpha value is -0.800. The summed E-state index contributed by atoms with van der Waals surface area (Å²) in [6.07, 6.45) is 7.11. The highest BCUT2D eigenvalue weighted by Gasteiger charge is 2.15. The molecule has 25 heavy (non-hydrogen) atoms. The zero-order chi connectivity index (χ0) is 16.9. The first-order valence-electron chi connectivity index (χ1n) is 8.12. The standard InChI is InChI=1S/C16H23N5S3.ClH/c1-22-15-11(8-13(24-15)14(17)18)12-9-23-16(21-12)20-7-5-10-4-2-3-6-19-10;/h8-10,19H,2-7H2,1H3,(H3,17,18)(H,20,21);1H. The molecule has 5 N–H and O–H groups in total. The molecule has 0 aliphatic carbocycles. The summed E-state index contributed by atoms with van der Waals surface area (Å²) in [6.45, 7) is 2.10. The molecule has 1 unspecified atom stereocenters. The van der Waals surface area contributed by atoms with Gasteiger partial charge in [0.15, 0.2) is 5.13 Å². The lowest BCUT2D eigenvalue weighted by Crippen LogP contribution is -2.35. The van der Waals surface area contributed by atoms with Gasteiger partial charge in [-0.2, -0.15) is 0 Å². The van der Waals surface area contributed by atoms with Crippen molar-refractivity contribution in [1.29, 1.82) is 5.41 Å². The number of hydrogen-bond donors (Lipinski definition) is 4. The molecule has 0 aromatic carbocycles. The monoisotopic (exact) mass is 417 g/mol. The zero-order valence-corrected chi connectivity index (χ0v) is 17.4. The molecule has 1 saturated heterocycles. The summed E-state index contributed by atoms with van der Waals surface area (Å²) in [5.41, 5.74) is 7.66. The summed E-state index contributed by atoms with van der Waals surface area (Å²) in [5.74, 6) is 0.120. The van der Waals surface area contributed by atoms with Crippen LogP contribution in [0.4, 0.5) is 5.13 Å². The highest BCUT2D eigenvalue weighted by molar-refractivity contribution is 8.00. The molecule has 1 aliphatic rings. The van der Waals surface area contributed by atoms with Crippen LogP contribution < -0.4 is 16.4 Å². The van der Waals surface area contributed by atoms with Gasteiger partial charge in [0.1, 0.15) is 5.84 Å². The van der Waals surface area contributed by atoms with Gasteiger partial charge in [-0.3, -0.25) is 5.41 Å². The average Bonchev–Trinajstić information content (AvgIpc) is 3.22. The summed E-state index contributed by atoms with van der Waals surface area (Å²) >= 11 is 4.87. The molecular formula is C16H24ClN5S3. The normalized spacial score (nSPS) is 17.1. The summed E-state index contributed by atoms with van der Waals surface area (Å²) in [7, 11) is 0. The molecule has 0 amide bonds. The Balaban J connectivity index is 0.00000225. The van der Waals surface area contributed by atoms with Crippen LogP contribution >= 0.6 is 46.8 Å². The van der Waals surface area contributed by atoms with E-state index in [0.29, 0.717) is 6.04 Å². The first-order valence-corrected chi connectivity index (χ1v) is 11.0. The van der Waals surface area contributed by atoms with E-state index in [2.05, 4.69) is 16.0 Å². The molecule has 0 radical (unpaired) electrons. The van der Waals surface area contributed by atoms with E-state index in [0.717, 1.165) is 45.0 Å². The van der Waals surface area contributed by atoms with Gasteiger partial charge < -0.3 is 16.4 Å². The number of thiophene rings is 1. The van der Waals surface area contributed by atoms with Crippen LogP contribution in [0.25, 0.3) is 11.3 Å². The van der Waals surface area contributed by atoms with E-state index in [4.69, 9.17) is 16.1 Å². The quantitative estimate of drug-likeness (QED) is 0.307. The largest absolute Gasteiger partial charge is 0.383 e. The van der Waals surface area contributed by atoms with Crippen LogP contribution in [-0.4, -0.2) is 36.2 Å². The Morgan fingerprint density at radius 1 is 1.52 bits per heavy atom. The molecule has 3 rings (SSSR count). The molecule has 2 aromatic rings. The zero-order valence-electron chi connectivity index (χ0n) is 14.1. The van der Waals surface area contributed by atoms with Crippen molar-refractivity contribution in [2.45, 2.75) is 35.9 Å². The number of nitrogens with two attached hydrogens (primary N) is 1. The Morgan fingerprint density at radius 2 is 2.36 bits per heavy atom. The van der Waals surface area contributed by atoms with Crippen molar-refractivity contribution < 1.29 is 0 Å². The first-order chi connectivity index (χ1) is 11.7. The van der Waals surface area contributed by atoms with Gasteiger partial charge in [0, 0.05) is 23.5 Å². The predicted octanol–water partition coefficient (Wildman–Crippen LogP) is 4.24. The predicted molar refractivity (Wildman–Crippen MR) is 114 cm³/mol. The minimum Gasteiger partial charge on any atom is -0.383 e. The van der Waals surface area contributed by atoms with Gasteiger partial charge in [-0.1, -0.05) is 6.42 Å². The third kappa shape index (κ3) is 5.34. The number of halogens is 1. The minimum atomic E-state index is 0. The van der Waals surface area contributed by atoms with Crippen molar-refractivity contribution >= 4 is 57.8 Å². The van der Waals surface area contributed by atoms with Crippen molar-refractivity contribution in [3.8, 4) is 11.3 Å². The Kier molecular flexibility index (Phi) is 8.02. The van der Waals surface area contributed by atoms with E-state index in [1.54, 1.807) is 34.4 Å². The maximum absolute atomic E-state index is 7.62. The molecule has 5 nitrogen and oxygen atoms in total. The Bertz CT molecular complexity index is 694. The number of nitrogen functional groups attached to an aromatic ring is 1. The van der Waals surface area contributed by atoms with Crippen molar-refractivity contribution in [2.75, 3.05) is 24.7 Å². The topological polar surface area (TPSA) is 86.8 Å². The van der Waals surface area contributed by atoms with Gasteiger partial charge >= 0.3 is 0 Å². The average molecular weight is 418 g/mol. The number of anilines is 1. The summed E-state index contributed by atoms with van der Waals surface area (Å²) in [4.78, 5) is 5.52. The van der Waals surface area contributed by atoms with Crippen molar-refractivity contribution in [3.05, 3.63) is 16.3 Å². The molecule has 3 heterocycles. The fraction of sp³-hybridized carbons (Fsp3) is 0.500. The second-order valence-electron chi connectivity index (χ2n) is 5.83. The molecule has 1 aliphatic heterocycles. The van der Waals surface area contributed by atoms with E-state index in [9.17, 15) is 0 Å². The van der Waals surface area contributed by atoms with E-state index >= 15 is 0 Å². The fourth-order valence-electron chi connectivity index (χ4n) is 2.84. The lowest BCUT2D eigenvalue weighted by Gasteiger charge is -2.23. The summed E-state index contributed by atoms with van der Waals surface area (Å²) in [6, 6.07) is 2.62. The third-order valence-corrected chi connectivity index (χ3v) is 7.21. The molecule has 9 heteroatoms. The highest BCUT2D eigenvalue weighted by Crippen LogP contribution is 2.38. The molecule has 0 spiro atoms. The maximum atomic E-state index is 7.62. The van der Waals surface area contributed by atoms with Crippen LogP contribution in [0.2, 0.25) is 0 Å². The Labute approximate surface area is 167 Å². The van der Waals surface area contributed by atoms with Crippen molar-refractivity contribution in [1.82, 2.24) is 10.3 Å². The van der Waals surface area contributed by atoms with Crippen molar-refractivity contribution in [2.24, 2.45) is 5.73 Å². The van der Waals surface area contributed by atoms with Gasteiger partial charge in [-0.05, 0) is 38.1 Å². The molecule has 0 saturated carbocycles. The number of piperidine rings is 1. The van der Waals surface area contributed by atoms with Crippen molar-refractivity contribution in [3.63, 3.8) is 0 Å². The lowest BCUT2D eigenvalue weighted by molar-refractivity contribution is 0.389. The number of aromatic nitrogens is 1. The van der Waals surface area contributed by atoms with E-state index < -0.39 is 0 Å². The van der Waals surface area contributed by atoms with Gasteiger partial charge in [0.2, 0.25) is 0 Å². The number of thioether (sulfide) groups is 1. The van der Waals surface area contributed by atoms with Gasteiger partial charge in [-0.25, -0.2) is 4.98 Å². The SMILES string of the molecule is CSc1sc(C(=N)N)cc1-c1csc(NCCC2CCCCN2)n1.Cl. The summed E-state index contributed by atoms with van der Waals surface area (Å²) in [5, 5.41) is 17.7. The number of nitrogens with one attached hydrogen (secondary N) is 3. The molecule has 138 valence electrons. The first kappa shape index (κ1) is 20.5. The number of thiazole rings is 1. The number of rotatable bonds is 7. The van der Waals surface area contributed by atoms with E-state index in [1.165, 1.54) is 19.3 Å². The summed E-state index contributed by atoms with van der Waals surface area (Å²) < 4.78 is 1.16. The van der Waals surface area contributed by atoms with Crippen LogP contribution in [0.5, 0.6) is 0 Å². The van der Waals surface area contributed by atoms with Gasteiger partial charge in [0.25, 0.3) is 0 Å². The molecule has 1 atom stereocenters. The number of amidine groups is 1. The smallest absolute Gasteiger partial charge is 0.183 e. The number of hydrogen-bond acceptors (Lipinski definition) is 7. The van der Waals surface area contributed by atoms with Crippen LogP contribution in [-0.2, 0) is 0 Å². The van der Waals surface area contributed by atoms with Crippen LogP contribution in [0.1, 0.15) is 30.6 Å². The molecule has 0 bridgehead atoms. The fourth-order valence-corrected chi connectivity index (χ4v) is 5.32. The second kappa shape index (κ2) is 9.78. The van der Waals surface area contributed by atoms with Crippen LogP contribution in [0.15, 0.2) is 15.7 Å². The Morgan fingerprint density at radius 3 is 3.04 bits per heavy atom. The van der Waals surface area contributed by atoms with E-state index in [-0.39, 0.29) is 18.2 Å². The number of nitrogens with zero attached hydrogens (tertiary/aromatic N) is 1. The minimum absolute atomic E-state index is 0. The third-order valence-electron chi connectivity index (χ3n) is 4.11. The molecule has 1 fully saturated rings. The second-order valence-corrected chi connectivity index (χ2v) is 8.81. The van der Waals surface area contributed by atoms with Crippen LogP contribution in [0.3, 0.4) is 0 Å². The van der Waals surface area contributed by atoms with Gasteiger partial charge in [0.05, 0.1) is 14.8 Å². The lowest BCUT2D eigenvalue weighted by atomic mass is 10.0. The van der Waals surface area contributed by atoms with Crippen LogP contribution in [0, 0.1) is 5.41 Å². The molecule has 2 aromatic heterocycles. The van der Waals surface area contributed by atoms with E-state index in [1.807, 2.05) is 12.3 Å². The highest BCUT2D eigenvalue weighted by atomic mass is 35.5. The maximum Gasteiger partial charge on any atom is 0.183 e. The molecular weight excluding hydrogens is 394 g/mol.